The lowest BCUT2D eigenvalue weighted by Gasteiger charge is -2.09. The van der Waals surface area contributed by atoms with E-state index in [1.165, 1.54) is 24.3 Å². The first kappa shape index (κ1) is 12.5. The van der Waals surface area contributed by atoms with Crippen molar-refractivity contribution in [2.75, 3.05) is 0 Å². The highest BCUT2D eigenvalue weighted by Crippen LogP contribution is 2.17. The van der Waals surface area contributed by atoms with Crippen molar-refractivity contribution in [2.24, 2.45) is 5.73 Å². The summed E-state index contributed by atoms with van der Waals surface area (Å²) in [5.74, 6) is -0.185. The lowest BCUT2D eigenvalue weighted by molar-refractivity contribution is 0.299. The molecule has 18 heavy (non-hydrogen) atoms. The van der Waals surface area contributed by atoms with Crippen LogP contribution in [0.2, 0.25) is 0 Å². The van der Waals surface area contributed by atoms with Gasteiger partial charge in [-0.25, -0.2) is 8.78 Å². The third kappa shape index (κ3) is 2.84. The quantitative estimate of drug-likeness (QED) is 0.904. The zero-order valence-corrected chi connectivity index (χ0v) is 9.70. The number of halogens is 2. The van der Waals surface area contributed by atoms with E-state index in [1.54, 1.807) is 18.2 Å². The summed E-state index contributed by atoms with van der Waals surface area (Å²) in [7, 11) is 0. The molecule has 2 aromatic carbocycles. The highest BCUT2D eigenvalue weighted by molar-refractivity contribution is 5.27. The van der Waals surface area contributed by atoms with Crippen LogP contribution in [-0.4, -0.2) is 0 Å². The Morgan fingerprint density at radius 1 is 0.944 bits per heavy atom. The number of ether oxygens (including phenoxy) is 1. The smallest absolute Gasteiger partial charge is 0.134 e. The Morgan fingerprint density at radius 2 is 1.61 bits per heavy atom. The maximum Gasteiger partial charge on any atom is 0.134 e. The van der Waals surface area contributed by atoms with Gasteiger partial charge >= 0.3 is 0 Å². The maximum absolute atomic E-state index is 13.8. The van der Waals surface area contributed by atoms with E-state index >= 15 is 0 Å². The summed E-state index contributed by atoms with van der Waals surface area (Å²) in [5.41, 5.74) is 6.31. The minimum absolute atomic E-state index is 0.0886. The highest BCUT2D eigenvalue weighted by atomic mass is 19.1. The molecule has 4 heteroatoms. The van der Waals surface area contributed by atoms with Crippen LogP contribution in [0.25, 0.3) is 0 Å². The minimum Gasteiger partial charge on any atom is -0.489 e. The molecule has 2 nitrogen and oxygen atoms in total. The second-order valence-electron chi connectivity index (χ2n) is 3.84. The normalized spacial score (nSPS) is 10.4. The van der Waals surface area contributed by atoms with Gasteiger partial charge in [0.15, 0.2) is 0 Å². The van der Waals surface area contributed by atoms with Gasteiger partial charge in [-0.3, -0.25) is 0 Å². The third-order valence-electron chi connectivity index (χ3n) is 2.59. The fourth-order valence-corrected chi connectivity index (χ4v) is 1.59. The van der Waals surface area contributed by atoms with Crippen molar-refractivity contribution in [2.45, 2.75) is 13.2 Å². The third-order valence-corrected chi connectivity index (χ3v) is 2.59. The Hall–Kier alpha value is -1.94. The van der Waals surface area contributed by atoms with E-state index in [-0.39, 0.29) is 24.8 Å². The first-order valence-electron chi connectivity index (χ1n) is 5.55. The van der Waals surface area contributed by atoms with Crippen LogP contribution in [-0.2, 0) is 13.2 Å². The zero-order valence-electron chi connectivity index (χ0n) is 9.70. The van der Waals surface area contributed by atoms with Gasteiger partial charge in [0, 0.05) is 17.7 Å². The van der Waals surface area contributed by atoms with Crippen molar-refractivity contribution in [1.29, 1.82) is 0 Å². The van der Waals surface area contributed by atoms with E-state index in [0.29, 0.717) is 16.9 Å². The Bertz CT molecular complexity index is 526. The van der Waals surface area contributed by atoms with Crippen LogP contribution < -0.4 is 10.5 Å². The Kier molecular flexibility index (Phi) is 3.89. The Balaban J connectivity index is 2.08. The van der Waals surface area contributed by atoms with Crippen LogP contribution in [0.1, 0.15) is 11.1 Å². The van der Waals surface area contributed by atoms with E-state index in [0.717, 1.165) is 0 Å². The molecule has 0 aliphatic heterocycles. The largest absolute Gasteiger partial charge is 0.489 e. The average Bonchev–Trinajstić information content (AvgIpc) is 2.39. The second-order valence-corrected chi connectivity index (χ2v) is 3.84. The Morgan fingerprint density at radius 3 is 2.28 bits per heavy atom. The molecule has 0 saturated heterocycles. The zero-order chi connectivity index (χ0) is 13.0. The van der Waals surface area contributed by atoms with Crippen LogP contribution >= 0.6 is 0 Å². The first-order chi connectivity index (χ1) is 8.70. The Labute approximate surface area is 104 Å². The molecule has 2 rings (SSSR count). The standard InChI is InChI=1S/C14H13F2NO/c15-12-4-6-13(7-5-12)18-9-11-3-1-2-10(8-17)14(11)16/h1-7H,8-9,17H2. The summed E-state index contributed by atoms with van der Waals surface area (Å²) < 4.78 is 31.9. The van der Waals surface area contributed by atoms with Crippen molar-refractivity contribution in [3.8, 4) is 5.75 Å². The molecule has 0 heterocycles. The van der Waals surface area contributed by atoms with Crippen LogP contribution in [0, 0.1) is 11.6 Å². The van der Waals surface area contributed by atoms with Gasteiger partial charge in [0.1, 0.15) is 24.0 Å². The summed E-state index contributed by atoms with van der Waals surface area (Å²) in [6.45, 7) is 0.238. The van der Waals surface area contributed by atoms with Gasteiger partial charge in [0.25, 0.3) is 0 Å². The van der Waals surface area contributed by atoms with E-state index in [2.05, 4.69) is 0 Å². The molecule has 0 radical (unpaired) electrons. The second kappa shape index (κ2) is 5.60. The fraction of sp³-hybridized carbons (Fsp3) is 0.143. The molecule has 0 aliphatic carbocycles. The predicted molar refractivity (Wildman–Crippen MR) is 65.0 cm³/mol. The molecule has 0 aromatic heterocycles. The number of rotatable bonds is 4. The molecule has 0 amide bonds. The highest BCUT2D eigenvalue weighted by Gasteiger charge is 2.07. The van der Waals surface area contributed by atoms with E-state index in [4.69, 9.17) is 10.5 Å². The minimum atomic E-state index is -0.345. The van der Waals surface area contributed by atoms with Gasteiger partial charge in [-0.15, -0.1) is 0 Å². The molecular formula is C14H13F2NO. The molecule has 94 valence electrons. The summed E-state index contributed by atoms with van der Waals surface area (Å²) in [6.07, 6.45) is 0. The van der Waals surface area contributed by atoms with Gasteiger partial charge in [-0.2, -0.15) is 0 Å². The molecular weight excluding hydrogens is 236 g/mol. The topological polar surface area (TPSA) is 35.2 Å². The van der Waals surface area contributed by atoms with Crippen LogP contribution in [0.5, 0.6) is 5.75 Å². The van der Waals surface area contributed by atoms with Crippen LogP contribution in [0.4, 0.5) is 8.78 Å². The van der Waals surface area contributed by atoms with Gasteiger partial charge in [0.05, 0.1) is 0 Å². The van der Waals surface area contributed by atoms with Crippen molar-refractivity contribution >= 4 is 0 Å². The van der Waals surface area contributed by atoms with E-state index < -0.39 is 0 Å². The maximum atomic E-state index is 13.8. The molecule has 0 saturated carbocycles. The van der Waals surface area contributed by atoms with Crippen LogP contribution in [0.15, 0.2) is 42.5 Å². The number of benzene rings is 2. The summed E-state index contributed by atoms with van der Waals surface area (Å²) in [5, 5.41) is 0. The SMILES string of the molecule is NCc1cccc(COc2ccc(F)cc2)c1F. The lowest BCUT2D eigenvalue weighted by atomic mass is 10.1. The summed E-state index contributed by atoms with van der Waals surface area (Å²) in [4.78, 5) is 0. The van der Waals surface area contributed by atoms with Crippen molar-refractivity contribution in [3.05, 3.63) is 65.2 Å². The molecule has 0 bridgehead atoms. The number of hydrogen-bond donors (Lipinski definition) is 1. The van der Waals surface area contributed by atoms with Gasteiger partial charge in [-0.1, -0.05) is 18.2 Å². The van der Waals surface area contributed by atoms with Gasteiger partial charge in [0.2, 0.25) is 0 Å². The molecule has 0 spiro atoms. The number of nitrogens with two attached hydrogens (primary N) is 1. The monoisotopic (exact) mass is 249 g/mol. The van der Waals surface area contributed by atoms with Crippen molar-refractivity contribution < 1.29 is 13.5 Å². The summed E-state index contributed by atoms with van der Waals surface area (Å²) >= 11 is 0. The van der Waals surface area contributed by atoms with Crippen LogP contribution in [0.3, 0.4) is 0 Å². The molecule has 0 atom stereocenters. The van der Waals surface area contributed by atoms with Crippen molar-refractivity contribution in [3.63, 3.8) is 0 Å². The number of hydrogen-bond acceptors (Lipinski definition) is 2. The van der Waals surface area contributed by atoms with E-state index in [1.807, 2.05) is 0 Å². The average molecular weight is 249 g/mol. The summed E-state index contributed by atoms with van der Waals surface area (Å²) in [6, 6.07) is 10.6. The molecule has 0 aliphatic rings. The molecule has 2 aromatic rings. The van der Waals surface area contributed by atoms with Crippen molar-refractivity contribution in [1.82, 2.24) is 0 Å². The van der Waals surface area contributed by atoms with Gasteiger partial charge in [-0.05, 0) is 24.3 Å². The van der Waals surface area contributed by atoms with Gasteiger partial charge < -0.3 is 10.5 Å². The molecule has 0 unspecified atom stereocenters. The predicted octanol–water partition coefficient (Wildman–Crippen LogP) is 3.00. The lowest BCUT2D eigenvalue weighted by Crippen LogP contribution is -2.05. The molecule has 0 fully saturated rings. The molecule has 2 N–H and O–H groups in total. The van der Waals surface area contributed by atoms with E-state index in [9.17, 15) is 8.78 Å². The fourth-order valence-electron chi connectivity index (χ4n) is 1.59. The first-order valence-corrected chi connectivity index (χ1v) is 5.55.